The third-order valence-corrected chi connectivity index (χ3v) is 6.02. The first-order chi connectivity index (χ1) is 14.0. The van der Waals surface area contributed by atoms with E-state index >= 15 is 0 Å². The van der Waals surface area contributed by atoms with Gasteiger partial charge in [-0.25, -0.2) is 13.2 Å². The van der Waals surface area contributed by atoms with Crippen LogP contribution in [0.25, 0.3) is 0 Å². The first-order valence-electron chi connectivity index (χ1n) is 10.4. The van der Waals surface area contributed by atoms with Crippen LogP contribution in [0.5, 0.6) is 0 Å². The minimum atomic E-state index is -0.565. The van der Waals surface area contributed by atoms with E-state index < -0.39 is 11.6 Å². The lowest BCUT2D eigenvalue weighted by Crippen LogP contribution is -2.14. The van der Waals surface area contributed by atoms with Crippen LogP contribution in [0.4, 0.5) is 13.2 Å². The maximum absolute atomic E-state index is 14.2. The largest absolute Gasteiger partial charge is 0.206 e. The monoisotopic (exact) mass is 418 g/mol. The summed E-state index contributed by atoms with van der Waals surface area (Å²) in [5, 5.41) is 0.153. The molecule has 0 amide bonds. The van der Waals surface area contributed by atoms with Gasteiger partial charge in [0, 0.05) is 5.92 Å². The molecule has 0 heterocycles. The van der Waals surface area contributed by atoms with Gasteiger partial charge in [-0.2, -0.15) is 0 Å². The first kappa shape index (κ1) is 21.8. The number of hydrogen-bond donors (Lipinski definition) is 0. The SMILES string of the molecule is CCCc1cc(F)c(C#CC2CCC(CCc3ccc(Cl)c(F)c3)CC2)c(F)c1. The summed E-state index contributed by atoms with van der Waals surface area (Å²) in [4.78, 5) is 0. The van der Waals surface area contributed by atoms with Gasteiger partial charge in [0.25, 0.3) is 0 Å². The summed E-state index contributed by atoms with van der Waals surface area (Å²) in [6.07, 6.45) is 7.28. The maximum atomic E-state index is 14.2. The zero-order chi connectivity index (χ0) is 20.8. The topological polar surface area (TPSA) is 0 Å². The molecule has 0 unspecified atom stereocenters. The van der Waals surface area contributed by atoms with Crippen LogP contribution in [-0.2, 0) is 12.8 Å². The summed E-state index contributed by atoms with van der Waals surface area (Å²) in [7, 11) is 0. The molecule has 0 aromatic heterocycles. The molecule has 4 heteroatoms. The molecule has 29 heavy (non-hydrogen) atoms. The van der Waals surface area contributed by atoms with Gasteiger partial charge in [-0.05, 0) is 86.3 Å². The highest BCUT2D eigenvalue weighted by atomic mass is 35.5. The number of benzene rings is 2. The van der Waals surface area contributed by atoms with Gasteiger partial charge in [0.1, 0.15) is 17.5 Å². The summed E-state index contributed by atoms with van der Waals surface area (Å²) in [5.41, 5.74) is 1.53. The third kappa shape index (κ3) is 6.03. The normalized spacial score (nSPS) is 18.9. The van der Waals surface area contributed by atoms with Crippen LogP contribution in [0.2, 0.25) is 5.02 Å². The molecular weight excluding hydrogens is 393 g/mol. The minimum Gasteiger partial charge on any atom is -0.206 e. The molecule has 0 N–H and O–H groups in total. The maximum Gasteiger partial charge on any atom is 0.142 e. The molecule has 3 rings (SSSR count). The summed E-state index contributed by atoms with van der Waals surface area (Å²) in [5.74, 6) is 5.09. The fourth-order valence-electron chi connectivity index (χ4n) is 4.01. The second-order valence-corrected chi connectivity index (χ2v) is 8.37. The molecule has 0 radical (unpaired) electrons. The van der Waals surface area contributed by atoms with Crippen LogP contribution in [0.3, 0.4) is 0 Å². The molecule has 154 valence electrons. The Morgan fingerprint density at radius 2 is 1.55 bits per heavy atom. The van der Waals surface area contributed by atoms with Crippen molar-refractivity contribution in [2.75, 3.05) is 0 Å². The predicted octanol–water partition coefficient (Wildman–Crippen LogP) is 7.50. The van der Waals surface area contributed by atoms with Crippen molar-refractivity contribution in [1.82, 2.24) is 0 Å². The molecule has 0 nitrogen and oxygen atoms in total. The van der Waals surface area contributed by atoms with Crippen LogP contribution in [0.15, 0.2) is 30.3 Å². The number of aryl methyl sites for hydroxylation is 2. The summed E-state index contributed by atoms with van der Waals surface area (Å²) in [6.45, 7) is 1.98. The molecule has 1 aliphatic rings. The smallest absolute Gasteiger partial charge is 0.142 e. The second-order valence-electron chi connectivity index (χ2n) is 7.96. The Hall–Kier alpha value is -1.92. The van der Waals surface area contributed by atoms with Crippen molar-refractivity contribution < 1.29 is 13.2 Å². The average molecular weight is 419 g/mol. The van der Waals surface area contributed by atoms with E-state index in [-0.39, 0.29) is 22.3 Å². The Labute approximate surface area is 176 Å². The van der Waals surface area contributed by atoms with Gasteiger partial charge >= 0.3 is 0 Å². The van der Waals surface area contributed by atoms with Crippen LogP contribution in [0, 0.1) is 41.1 Å². The highest BCUT2D eigenvalue weighted by Crippen LogP contribution is 2.32. The van der Waals surface area contributed by atoms with Gasteiger partial charge in [-0.15, -0.1) is 0 Å². The zero-order valence-corrected chi connectivity index (χ0v) is 17.5. The van der Waals surface area contributed by atoms with E-state index in [4.69, 9.17) is 11.6 Å². The Balaban J connectivity index is 1.52. The molecule has 0 saturated heterocycles. The lowest BCUT2D eigenvalue weighted by Gasteiger charge is -2.25. The summed E-state index contributed by atoms with van der Waals surface area (Å²) >= 11 is 5.73. The van der Waals surface area contributed by atoms with Crippen LogP contribution in [-0.4, -0.2) is 0 Å². The molecule has 0 spiro atoms. The van der Waals surface area contributed by atoms with Crippen molar-refractivity contribution in [2.45, 2.75) is 58.3 Å². The standard InChI is InChI=1S/C25H26ClF3/c1-2-3-20-15-23(27)21(24(28)16-20)12-10-18-6-4-17(5-7-18)8-9-19-11-13-22(26)25(29)14-19/h11,13-18H,2-9H2,1H3. The van der Waals surface area contributed by atoms with Gasteiger partial charge in [0.05, 0.1) is 10.6 Å². The fraction of sp³-hybridized carbons (Fsp3) is 0.440. The van der Waals surface area contributed by atoms with Crippen molar-refractivity contribution in [1.29, 1.82) is 0 Å². The van der Waals surface area contributed by atoms with Crippen LogP contribution in [0.1, 0.15) is 62.1 Å². The molecule has 1 fully saturated rings. The molecule has 1 aliphatic carbocycles. The molecule has 0 aliphatic heterocycles. The van der Waals surface area contributed by atoms with Crippen molar-refractivity contribution in [3.8, 4) is 11.8 Å². The van der Waals surface area contributed by atoms with E-state index in [1.165, 1.54) is 18.2 Å². The number of rotatable bonds is 5. The fourth-order valence-corrected chi connectivity index (χ4v) is 4.13. The lowest BCUT2D eigenvalue weighted by molar-refractivity contribution is 0.301. The highest BCUT2D eigenvalue weighted by Gasteiger charge is 2.20. The van der Waals surface area contributed by atoms with E-state index in [1.807, 2.05) is 13.0 Å². The predicted molar refractivity (Wildman–Crippen MR) is 112 cm³/mol. The number of halogens is 4. The molecule has 0 bridgehead atoms. The van der Waals surface area contributed by atoms with Crippen molar-refractivity contribution in [3.63, 3.8) is 0 Å². The van der Waals surface area contributed by atoms with Gasteiger partial charge in [-0.1, -0.05) is 42.9 Å². The summed E-state index contributed by atoms with van der Waals surface area (Å²) < 4.78 is 41.9. The van der Waals surface area contributed by atoms with Gasteiger partial charge in [-0.3, -0.25) is 0 Å². The zero-order valence-electron chi connectivity index (χ0n) is 16.7. The number of hydrogen-bond acceptors (Lipinski definition) is 0. The van der Waals surface area contributed by atoms with E-state index in [0.717, 1.165) is 50.5 Å². The van der Waals surface area contributed by atoms with Crippen molar-refractivity contribution in [2.24, 2.45) is 11.8 Å². The molecule has 2 aromatic rings. The Morgan fingerprint density at radius 1 is 0.897 bits per heavy atom. The van der Waals surface area contributed by atoms with Crippen molar-refractivity contribution >= 4 is 11.6 Å². The lowest BCUT2D eigenvalue weighted by atomic mass is 9.79. The van der Waals surface area contributed by atoms with E-state index in [0.29, 0.717) is 17.9 Å². The van der Waals surface area contributed by atoms with Crippen LogP contribution < -0.4 is 0 Å². The van der Waals surface area contributed by atoms with Gasteiger partial charge in [0.2, 0.25) is 0 Å². The van der Waals surface area contributed by atoms with Crippen molar-refractivity contribution in [3.05, 3.63) is 69.5 Å². The van der Waals surface area contributed by atoms with E-state index in [9.17, 15) is 13.2 Å². The second kappa shape index (κ2) is 10.2. The van der Waals surface area contributed by atoms with Crippen LogP contribution >= 0.6 is 11.6 Å². The minimum absolute atomic E-state index is 0.114. The quantitative estimate of drug-likeness (QED) is 0.441. The highest BCUT2D eigenvalue weighted by molar-refractivity contribution is 6.30. The average Bonchev–Trinajstić information content (AvgIpc) is 2.69. The van der Waals surface area contributed by atoms with Gasteiger partial charge in [0.15, 0.2) is 0 Å². The van der Waals surface area contributed by atoms with E-state index in [2.05, 4.69) is 11.8 Å². The molecule has 0 atom stereocenters. The molecule has 2 aromatic carbocycles. The first-order valence-corrected chi connectivity index (χ1v) is 10.8. The third-order valence-electron chi connectivity index (χ3n) is 5.71. The summed E-state index contributed by atoms with van der Waals surface area (Å²) in [6, 6.07) is 7.78. The van der Waals surface area contributed by atoms with Gasteiger partial charge < -0.3 is 0 Å². The van der Waals surface area contributed by atoms with E-state index in [1.54, 1.807) is 6.07 Å². The Bertz CT molecular complexity index is 879. The Kier molecular flexibility index (Phi) is 7.67. The molecule has 1 saturated carbocycles. The molecular formula is C25H26ClF3. The Morgan fingerprint density at radius 3 is 2.17 bits per heavy atom.